The van der Waals surface area contributed by atoms with Gasteiger partial charge in [-0.15, -0.1) is 0 Å². The van der Waals surface area contributed by atoms with E-state index in [4.69, 9.17) is 5.73 Å². The van der Waals surface area contributed by atoms with Gasteiger partial charge in [-0.2, -0.15) is 0 Å². The smallest absolute Gasteiger partial charge is 0.263 e. The van der Waals surface area contributed by atoms with Gasteiger partial charge < -0.3 is 11.1 Å². The van der Waals surface area contributed by atoms with Crippen molar-refractivity contribution in [2.75, 3.05) is 18.1 Å². The van der Waals surface area contributed by atoms with Gasteiger partial charge in [0.25, 0.3) is 5.56 Å². The molecule has 2 heterocycles. The van der Waals surface area contributed by atoms with Crippen LogP contribution >= 0.6 is 0 Å². The average Bonchev–Trinajstić information content (AvgIpc) is 2.29. The quantitative estimate of drug-likeness (QED) is 0.785. The second-order valence-corrected chi connectivity index (χ2v) is 3.50. The van der Waals surface area contributed by atoms with Gasteiger partial charge in [-0.25, -0.2) is 4.98 Å². The van der Waals surface area contributed by atoms with E-state index in [2.05, 4.69) is 10.3 Å². The van der Waals surface area contributed by atoms with Crippen LogP contribution in [0.3, 0.4) is 0 Å². The van der Waals surface area contributed by atoms with Crippen molar-refractivity contribution in [3.8, 4) is 0 Å². The molecule has 2 aromatic heterocycles. The summed E-state index contributed by atoms with van der Waals surface area (Å²) in [6.45, 7) is 1.89. The Bertz CT molecular complexity index is 588. The Morgan fingerprint density at radius 2 is 2.31 bits per heavy atom. The molecular weight excluding hydrogens is 204 g/mol. The first kappa shape index (κ1) is 10.5. The van der Waals surface area contributed by atoms with Crippen molar-refractivity contribution in [3.05, 3.63) is 34.2 Å². The van der Waals surface area contributed by atoms with Gasteiger partial charge in [-0.05, 0) is 18.6 Å². The molecule has 2 aromatic rings. The molecule has 0 saturated heterocycles. The minimum atomic E-state index is -0.0953. The summed E-state index contributed by atoms with van der Waals surface area (Å²) in [5.41, 5.74) is 7.58. The minimum absolute atomic E-state index is 0.0953. The summed E-state index contributed by atoms with van der Waals surface area (Å²) in [6.07, 6.45) is 2.29. The van der Waals surface area contributed by atoms with Crippen LogP contribution in [0.5, 0.6) is 0 Å². The van der Waals surface area contributed by atoms with Crippen LogP contribution < -0.4 is 16.6 Å². The predicted molar refractivity (Wildman–Crippen MR) is 64.8 cm³/mol. The SMILES string of the molecule is CCc1c(N)nc2c(NC)cccn2c1=O. The van der Waals surface area contributed by atoms with Crippen LogP contribution in [0.25, 0.3) is 5.65 Å². The number of anilines is 2. The molecule has 0 amide bonds. The van der Waals surface area contributed by atoms with E-state index in [0.717, 1.165) is 5.69 Å². The first-order valence-electron chi connectivity index (χ1n) is 5.16. The second kappa shape index (κ2) is 3.84. The highest BCUT2D eigenvalue weighted by atomic mass is 16.1. The molecule has 5 nitrogen and oxygen atoms in total. The lowest BCUT2D eigenvalue weighted by atomic mass is 10.2. The standard InChI is InChI=1S/C11H14N4O/c1-3-7-9(12)14-10-8(13-2)5-4-6-15(10)11(7)16/h4-6,13H,3,12H2,1-2H3. The van der Waals surface area contributed by atoms with Gasteiger partial charge in [-0.3, -0.25) is 9.20 Å². The van der Waals surface area contributed by atoms with Gasteiger partial charge in [0.15, 0.2) is 5.65 Å². The van der Waals surface area contributed by atoms with Gasteiger partial charge in [0.05, 0.1) is 11.3 Å². The molecule has 0 radical (unpaired) electrons. The van der Waals surface area contributed by atoms with Crippen molar-refractivity contribution in [1.82, 2.24) is 9.38 Å². The maximum absolute atomic E-state index is 12.1. The van der Waals surface area contributed by atoms with Crippen molar-refractivity contribution in [2.24, 2.45) is 0 Å². The van der Waals surface area contributed by atoms with Crippen molar-refractivity contribution in [3.63, 3.8) is 0 Å². The Kier molecular flexibility index (Phi) is 2.52. The van der Waals surface area contributed by atoms with Crippen LogP contribution in [0.2, 0.25) is 0 Å². The van der Waals surface area contributed by atoms with E-state index in [1.54, 1.807) is 19.3 Å². The highest BCUT2D eigenvalue weighted by Crippen LogP contribution is 2.15. The second-order valence-electron chi connectivity index (χ2n) is 3.50. The topological polar surface area (TPSA) is 72.4 Å². The summed E-state index contributed by atoms with van der Waals surface area (Å²) in [6, 6.07) is 3.66. The summed E-state index contributed by atoms with van der Waals surface area (Å²) < 4.78 is 1.51. The fourth-order valence-electron chi connectivity index (χ4n) is 1.74. The fraction of sp³-hybridized carbons (Fsp3) is 0.273. The molecule has 84 valence electrons. The number of nitrogens with one attached hydrogen (secondary N) is 1. The largest absolute Gasteiger partial charge is 0.385 e. The summed E-state index contributed by atoms with van der Waals surface area (Å²) in [7, 11) is 1.78. The zero-order valence-corrected chi connectivity index (χ0v) is 9.32. The molecule has 0 saturated carbocycles. The van der Waals surface area contributed by atoms with Crippen molar-refractivity contribution < 1.29 is 0 Å². The number of nitrogens with two attached hydrogens (primary N) is 1. The monoisotopic (exact) mass is 218 g/mol. The molecule has 5 heteroatoms. The first-order chi connectivity index (χ1) is 7.69. The molecule has 3 N–H and O–H groups in total. The number of pyridine rings is 1. The molecular formula is C11H14N4O. The molecule has 0 bridgehead atoms. The summed E-state index contributed by atoms with van der Waals surface area (Å²) in [4.78, 5) is 16.3. The Hall–Kier alpha value is -2.04. The summed E-state index contributed by atoms with van der Waals surface area (Å²) >= 11 is 0. The number of fused-ring (bicyclic) bond motifs is 1. The number of hydrogen-bond donors (Lipinski definition) is 2. The molecule has 0 aliphatic rings. The Morgan fingerprint density at radius 1 is 1.56 bits per heavy atom. The molecule has 16 heavy (non-hydrogen) atoms. The zero-order chi connectivity index (χ0) is 11.7. The third-order valence-electron chi connectivity index (χ3n) is 2.60. The van der Waals surface area contributed by atoms with Gasteiger partial charge in [0, 0.05) is 13.2 Å². The van der Waals surface area contributed by atoms with Gasteiger partial charge in [0.2, 0.25) is 0 Å². The molecule has 0 fully saturated rings. The van der Waals surface area contributed by atoms with Crippen LogP contribution in [-0.4, -0.2) is 16.4 Å². The molecule has 0 aromatic carbocycles. The van der Waals surface area contributed by atoms with E-state index >= 15 is 0 Å². The van der Waals surface area contributed by atoms with Crippen LogP contribution in [0, 0.1) is 0 Å². The van der Waals surface area contributed by atoms with Crippen LogP contribution in [0.4, 0.5) is 11.5 Å². The Labute approximate surface area is 92.9 Å². The number of hydrogen-bond acceptors (Lipinski definition) is 4. The number of aromatic nitrogens is 2. The van der Waals surface area contributed by atoms with E-state index in [1.807, 2.05) is 13.0 Å². The van der Waals surface area contributed by atoms with E-state index in [0.29, 0.717) is 23.4 Å². The van der Waals surface area contributed by atoms with E-state index in [1.165, 1.54) is 4.40 Å². The fourth-order valence-corrected chi connectivity index (χ4v) is 1.74. The lowest BCUT2D eigenvalue weighted by Crippen LogP contribution is -2.22. The number of nitrogens with zero attached hydrogens (tertiary/aromatic N) is 2. The highest BCUT2D eigenvalue weighted by molar-refractivity contribution is 5.68. The van der Waals surface area contributed by atoms with Gasteiger partial charge in [0.1, 0.15) is 5.82 Å². The molecule has 0 atom stereocenters. The molecule has 0 aliphatic carbocycles. The molecule has 0 aliphatic heterocycles. The van der Waals surface area contributed by atoms with Gasteiger partial charge >= 0.3 is 0 Å². The number of rotatable bonds is 2. The Morgan fingerprint density at radius 3 is 2.94 bits per heavy atom. The highest BCUT2D eigenvalue weighted by Gasteiger charge is 2.10. The average molecular weight is 218 g/mol. The molecule has 0 spiro atoms. The molecule has 0 unspecified atom stereocenters. The van der Waals surface area contributed by atoms with E-state index < -0.39 is 0 Å². The first-order valence-corrected chi connectivity index (χ1v) is 5.16. The Balaban J connectivity index is 2.92. The maximum atomic E-state index is 12.1. The minimum Gasteiger partial charge on any atom is -0.385 e. The van der Waals surface area contributed by atoms with Crippen LogP contribution in [0.1, 0.15) is 12.5 Å². The third kappa shape index (κ3) is 1.41. The van der Waals surface area contributed by atoms with Crippen LogP contribution in [0.15, 0.2) is 23.1 Å². The zero-order valence-electron chi connectivity index (χ0n) is 9.32. The predicted octanol–water partition coefficient (Wildman–Crippen LogP) is 0.881. The van der Waals surface area contributed by atoms with Crippen molar-refractivity contribution >= 4 is 17.2 Å². The maximum Gasteiger partial charge on any atom is 0.263 e. The lowest BCUT2D eigenvalue weighted by Gasteiger charge is -2.09. The van der Waals surface area contributed by atoms with Crippen molar-refractivity contribution in [1.29, 1.82) is 0 Å². The van der Waals surface area contributed by atoms with Crippen LogP contribution in [-0.2, 0) is 6.42 Å². The summed E-state index contributed by atoms with van der Waals surface area (Å²) in [5, 5.41) is 2.98. The van der Waals surface area contributed by atoms with E-state index in [9.17, 15) is 4.79 Å². The lowest BCUT2D eigenvalue weighted by molar-refractivity contribution is 0.975. The summed E-state index contributed by atoms with van der Waals surface area (Å²) in [5.74, 6) is 0.315. The number of nitrogen functional groups attached to an aromatic ring is 1. The van der Waals surface area contributed by atoms with Gasteiger partial charge in [-0.1, -0.05) is 6.92 Å². The molecule has 2 rings (SSSR count). The van der Waals surface area contributed by atoms with Crippen molar-refractivity contribution in [2.45, 2.75) is 13.3 Å². The normalized spacial score (nSPS) is 10.6. The third-order valence-corrected chi connectivity index (χ3v) is 2.60. The van der Waals surface area contributed by atoms with E-state index in [-0.39, 0.29) is 5.56 Å².